The third kappa shape index (κ3) is 2.79. The molecule has 2 heterocycles. The average molecular weight is 209 g/mol. The van der Waals surface area contributed by atoms with Gasteiger partial charge >= 0.3 is 0 Å². The van der Waals surface area contributed by atoms with Crippen LogP contribution in [0.25, 0.3) is 0 Å². The molecule has 4 nitrogen and oxygen atoms in total. The van der Waals surface area contributed by atoms with E-state index in [0.717, 1.165) is 25.1 Å². The first-order valence-electron chi connectivity index (χ1n) is 5.62. The van der Waals surface area contributed by atoms with Gasteiger partial charge in [-0.25, -0.2) is 0 Å². The SMILES string of the molecule is Cn1ccc(C(N)CC2CCCCO2)n1. The van der Waals surface area contributed by atoms with E-state index in [0.29, 0.717) is 6.10 Å². The van der Waals surface area contributed by atoms with Gasteiger partial charge in [-0.15, -0.1) is 0 Å². The van der Waals surface area contributed by atoms with E-state index in [1.165, 1.54) is 12.8 Å². The second kappa shape index (κ2) is 4.77. The molecule has 1 saturated heterocycles. The van der Waals surface area contributed by atoms with Crippen molar-refractivity contribution >= 4 is 0 Å². The number of aromatic nitrogens is 2. The molecule has 2 rings (SSSR count). The normalized spacial score (nSPS) is 24.0. The molecular weight excluding hydrogens is 190 g/mol. The van der Waals surface area contributed by atoms with E-state index in [1.54, 1.807) is 4.68 Å². The van der Waals surface area contributed by atoms with Gasteiger partial charge in [0, 0.05) is 19.9 Å². The van der Waals surface area contributed by atoms with Crippen molar-refractivity contribution in [1.82, 2.24) is 9.78 Å². The van der Waals surface area contributed by atoms with Crippen molar-refractivity contribution in [3.8, 4) is 0 Å². The maximum Gasteiger partial charge on any atom is 0.0792 e. The highest BCUT2D eigenvalue weighted by atomic mass is 16.5. The lowest BCUT2D eigenvalue weighted by atomic mass is 10.0. The Bertz CT molecular complexity index is 305. The largest absolute Gasteiger partial charge is 0.378 e. The Balaban J connectivity index is 1.88. The molecule has 84 valence electrons. The molecule has 0 spiro atoms. The first-order chi connectivity index (χ1) is 7.25. The zero-order valence-corrected chi connectivity index (χ0v) is 9.22. The Hall–Kier alpha value is -0.870. The van der Waals surface area contributed by atoms with Crippen LogP contribution in [0, 0.1) is 0 Å². The first-order valence-corrected chi connectivity index (χ1v) is 5.62. The molecule has 4 heteroatoms. The second-order valence-electron chi connectivity index (χ2n) is 4.25. The van der Waals surface area contributed by atoms with Crippen LogP contribution in [-0.4, -0.2) is 22.5 Å². The topological polar surface area (TPSA) is 53.1 Å². The number of hydrogen-bond acceptors (Lipinski definition) is 3. The molecule has 2 unspecified atom stereocenters. The van der Waals surface area contributed by atoms with Crippen molar-refractivity contribution in [2.45, 2.75) is 37.8 Å². The van der Waals surface area contributed by atoms with Crippen LogP contribution in [0.2, 0.25) is 0 Å². The van der Waals surface area contributed by atoms with Gasteiger partial charge in [0.15, 0.2) is 0 Å². The van der Waals surface area contributed by atoms with Gasteiger partial charge in [0.2, 0.25) is 0 Å². The van der Waals surface area contributed by atoms with Crippen LogP contribution in [-0.2, 0) is 11.8 Å². The molecule has 1 aromatic heterocycles. The Kier molecular flexibility index (Phi) is 3.38. The average Bonchev–Trinajstić information content (AvgIpc) is 2.66. The number of nitrogens with zero attached hydrogens (tertiary/aromatic N) is 2. The lowest BCUT2D eigenvalue weighted by Crippen LogP contribution is -2.25. The molecule has 1 fully saturated rings. The molecule has 2 N–H and O–H groups in total. The molecule has 0 amide bonds. The summed E-state index contributed by atoms with van der Waals surface area (Å²) < 4.78 is 7.45. The van der Waals surface area contributed by atoms with Gasteiger partial charge in [-0.3, -0.25) is 4.68 Å². The highest BCUT2D eigenvalue weighted by molar-refractivity contribution is 5.04. The summed E-state index contributed by atoms with van der Waals surface area (Å²) in [4.78, 5) is 0. The fourth-order valence-corrected chi connectivity index (χ4v) is 2.03. The van der Waals surface area contributed by atoms with Gasteiger partial charge in [0.1, 0.15) is 0 Å². The molecule has 1 aromatic rings. The van der Waals surface area contributed by atoms with Crippen molar-refractivity contribution < 1.29 is 4.74 Å². The van der Waals surface area contributed by atoms with Gasteiger partial charge in [-0.2, -0.15) is 5.10 Å². The third-order valence-electron chi connectivity index (χ3n) is 2.90. The van der Waals surface area contributed by atoms with Crippen molar-refractivity contribution in [2.24, 2.45) is 12.8 Å². The van der Waals surface area contributed by atoms with E-state index in [4.69, 9.17) is 10.5 Å². The van der Waals surface area contributed by atoms with Crippen molar-refractivity contribution in [2.75, 3.05) is 6.61 Å². The number of rotatable bonds is 3. The summed E-state index contributed by atoms with van der Waals surface area (Å²) >= 11 is 0. The van der Waals surface area contributed by atoms with Crippen molar-refractivity contribution in [3.05, 3.63) is 18.0 Å². The van der Waals surface area contributed by atoms with E-state index in [1.807, 2.05) is 19.3 Å². The predicted molar refractivity (Wildman–Crippen MR) is 58.3 cm³/mol. The fourth-order valence-electron chi connectivity index (χ4n) is 2.03. The summed E-state index contributed by atoms with van der Waals surface area (Å²) in [6.07, 6.45) is 6.74. The second-order valence-corrected chi connectivity index (χ2v) is 4.25. The fraction of sp³-hybridized carbons (Fsp3) is 0.727. The monoisotopic (exact) mass is 209 g/mol. The summed E-state index contributed by atoms with van der Waals surface area (Å²) in [5.41, 5.74) is 7.05. The highest BCUT2D eigenvalue weighted by Crippen LogP contribution is 2.22. The van der Waals surface area contributed by atoms with Crippen LogP contribution in [0.4, 0.5) is 0 Å². The summed E-state index contributed by atoms with van der Waals surface area (Å²) in [5, 5.41) is 4.31. The van der Waals surface area contributed by atoms with E-state index in [9.17, 15) is 0 Å². The Labute approximate surface area is 90.4 Å². The molecule has 0 radical (unpaired) electrons. The van der Waals surface area contributed by atoms with E-state index < -0.39 is 0 Å². The quantitative estimate of drug-likeness (QED) is 0.818. The number of nitrogens with two attached hydrogens (primary N) is 1. The molecule has 15 heavy (non-hydrogen) atoms. The van der Waals surface area contributed by atoms with Crippen LogP contribution in [0.1, 0.15) is 37.4 Å². The van der Waals surface area contributed by atoms with Crippen molar-refractivity contribution in [3.63, 3.8) is 0 Å². The lowest BCUT2D eigenvalue weighted by molar-refractivity contribution is 0.00706. The predicted octanol–water partition coefficient (Wildman–Crippen LogP) is 1.38. The standard InChI is InChI=1S/C11H19N3O/c1-14-6-5-11(13-14)10(12)8-9-4-2-3-7-15-9/h5-6,9-10H,2-4,7-8,12H2,1H3. The molecule has 0 bridgehead atoms. The number of aryl methyl sites for hydroxylation is 1. The summed E-state index contributed by atoms with van der Waals surface area (Å²) in [6.45, 7) is 0.888. The van der Waals surface area contributed by atoms with Crippen LogP contribution >= 0.6 is 0 Å². The molecule has 1 aliphatic heterocycles. The summed E-state index contributed by atoms with van der Waals surface area (Å²) in [7, 11) is 1.91. The number of ether oxygens (including phenoxy) is 1. The van der Waals surface area contributed by atoms with Gasteiger partial charge in [0.05, 0.1) is 17.8 Å². The van der Waals surface area contributed by atoms with E-state index in [-0.39, 0.29) is 6.04 Å². The minimum atomic E-state index is 0.00861. The Morgan fingerprint density at radius 3 is 3.13 bits per heavy atom. The molecule has 0 aliphatic carbocycles. The zero-order chi connectivity index (χ0) is 10.7. The van der Waals surface area contributed by atoms with Gasteiger partial charge in [-0.1, -0.05) is 0 Å². The molecule has 0 aromatic carbocycles. The molecule has 1 aliphatic rings. The molecule has 2 atom stereocenters. The van der Waals surface area contributed by atoms with Crippen LogP contribution in [0.5, 0.6) is 0 Å². The maximum absolute atomic E-state index is 6.08. The Morgan fingerprint density at radius 2 is 2.53 bits per heavy atom. The molecule has 0 saturated carbocycles. The smallest absolute Gasteiger partial charge is 0.0792 e. The van der Waals surface area contributed by atoms with Gasteiger partial charge in [0.25, 0.3) is 0 Å². The van der Waals surface area contributed by atoms with Gasteiger partial charge < -0.3 is 10.5 Å². The van der Waals surface area contributed by atoms with Gasteiger partial charge in [-0.05, 0) is 31.7 Å². The van der Waals surface area contributed by atoms with E-state index >= 15 is 0 Å². The maximum atomic E-state index is 6.08. The third-order valence-corrected chi connectivity index (χ3v) is 2.90. The van der Waals surface area contributed by atoms with Crippen LogP contribution in [0.15, 0.2) is 12.3 Å². The highest BCUT2D eigenvalue weighted by Gasteiger charge is 2.19. The van der Waals surface area contributed by atoms with E-state index in [2.05, 4.69) is 5.10 Å². The number of hydrogen-bond donors (Lipinski definition) is 1. The summed E-state index contributed by atoms with van der Waals surface area (Å²) in [5.74, 6) is 0. The molecular formula is C11H19N3O. The summed E-state index contributed by atoms with van der Waals surface area (Å²) in [6, 6.07) is 1.99. The lowest BCUT2D eigenvalue weighted by Gasteiger charge is -2.24. The zero-order valence-electron chi connectivity index (χ0n) is 9.22. The minimum absolute atomic E-state index is 0.00861. The first kappa shape index (κ1) is 10.6. The van der Waals surface area contributed by atoms with Crippen molar-refractivity contribution in [1.29, 1.82) is 0 Å². The van der Waals surface area contributed by atoms with Crippen LogP contribution < -0.4 is 5.73 Å². The minimum Gasteiger partial charge on any atom is -0.378 e. The van der Waals surface area contributed by atoms with Crippen LogP contribution in [0.3, 0.4) is 0 Å². The Morgan fingerprint density at radius 1 is 1.67 bits per heavy atom.